The molecule has 0 spiro atoms. The monoisotopic (exact) mass is 244 g/mol. The van der Waals surface area contributed by atoms with E-state index in [4.69, 9.17) is 9.47 Å². The van der Waals surface area contributed by atoms with Gasteiger partial charge in [-0.15, -0.1) is 0 Å². The predicted molar refractivity (Wildman–Crippen MR) is 66.1 cm³/mol. The molecule has 0 saturated carbocycles. The highest BCUT2D eigenvalue weighted by molar-refractivity contribution is 5.67. The van der Waals surface area contributed by atoms with Crippen molar-refractivity contribution in [3.05, 3.63) is 0 Å². The number of nitrogens with zero attached hydrogens (tertiary/aromatic N) is 1. The number of alkyl carbamates (subject to hydrolysis) is 1. The van der Waals surface area contributed by atoms with Gasteiger partial charge in [0.2, 0.25) is 0 Å². The van der Waals surface area contributed by atoms with Crippen molar-refractivity contribution in [3.8, 4) is 0 Å². The third kappa shape index (κ3) is 5.89. The van der Waals surface area contributed by atoms with Crippen molar-refractivity contribution in [1.82, 2.24) is 10.2 Å². The number of carbonyl (C=O) groups is 1. The molecule has 1 unspecified atom stereocenters. The molecular weight excluding hydrogens is 220 g/mol. The van der Waals surface area contributed by atoms with E-state index in [1.807, 2.05) is 20.8 Å². The van der Waals surface area contributed by atoms with Crippen LogP contribution in [0.25, 0.3) is 0 Å². The average molecular weight is 244 g/mol. The summed E-state index contributed by atoms with van der Waals surface area (Å²) in [5.41, 5.74) is -0.435. The standard InChI is InChI=1S/C12H24N2O3/c1-12(2,3)17-11(15)13-6-7-14(4)10-5-8-16-9-10/h10H,5-9H2,1-4H3,(H,13,15). The van der Waals surface area contributed by atoms with Crippen molar-refractivity contribution in [1.29, 1.82) is 0 Å². The lowest BCUT2D eigenvalue weighted by molar-refractivity contribution is 0.0520. The summed E-state index contributed by atoms with van der Waals surface area (Å²) >= 11 is 0. The minimum absolute atomic E-state index is 0.353. The van der Waals surface area contributed by atoms with Gasteiger partial charge in [0.15, 0.2) is 0 Å². The average Bonchev–Trinajstić information content (AvgIpc) is 2.66. The van der Waals surface area contributed by atoms with E-state index in [1.165, 1.54) is 0 Å². The summed E-state index contributed by atoms with van der Waals surface area (Å²) in [6, 6.07) is 0.482. The lowest BCUT2D eigenvalue weighted by Gasteiger charge is -2.24. The number of nitrogens with one attached hydrogen (secondary N) is 1. The van der Waals surface area contributed by atoms with E-state index in [-0.39, 0.29) is 6.09 Å². The van der Waals surface area contributed by atoms with Gasteiger partial charge in [0, 0.05) is 25.7 Å². The van der Waals surface area contributed by atoms with Crippen LogP contribution in [0.4, 0.5) is 4.79 Å². The number of likely N-dealkylation sites (N-methyl/N-ethyl adjacent to an activating group) is 1. The van der Waals surface area contributed by atoms with E-state index in [0.29, 0.717) is 12.6 Å². The summed E-state index contributed by atoms with van der Waals surface area (Å²) in [5.74, 6) is 0. The van der Waals surface area contributed by atoms with Crippen LogP contribution in [-0.4, -0.2) is 56.0 Å². The molecule has 5 heteroatoms. The Bertz CT molecular complexity index is 245. The van der Waals surface area contributed by atoms with E-state index in [2.05, 4.69) is 17.3 Å². The lowest BCUT2D eigenvalue weighted by Crippen LogP contribution is -2.40. The smallest absolute Gasteiger partial charge is 0.407 e. The normalized spacial score (nSPS) is 20.6. The second-order valence-corrected chi connectivity index (χ2v) is 5.43. The van der Waals surface area contributed by atoms with Crippen molar-refractivity contribution in [2.75, 3.05) is 33.4 Å². The molecule has 0 aliphatic carbocycles. The van der Waals surface area contributed by atoms with Gasteiger partial charge in [-0.3, -0.25) is 4.90 Å². The highest BCUT2D eigenvalue weighted by Gasteiger charge is 2.20. The molecule has 0 aromatic heterocycles. The lowest BCUT2D eigenvalue weighted by atomic mass is 10.2. The molecule has 17 heavy (non-hydrogen) atoms. The van der Waals surface area contributed by atoms with Crippen molar-refractivity contribution in [2.24, 2.45) is 0 Å². The molecule has 1 atom stereocenters. The largest absolute Gasteiger partial charge is 0.444 e. The first-order valence-electron chi connectivity index (χ1n) is 6.13. The van der Waals surface area contributed by atoms with E-state index < -0.39 is 5.60 Å². The molecule has 1 saturated heterocycles. The van der Waals surface area contributed by atoms with Gasteiger partial charge in [0.1, 0.15) is 5.60 Å². The quantitative estimate of drug-likeness (QED) is 0.808. The zero-order valence-corrected chi connectivity index (χ0v) is 11.3. The molecule has 1 fully saturated rings. The molecular formula is C12H24N2O3. The van der Waals surface area contributed by atoms with E-state index in [1.54, 1.807) is 0 Å². The van der Waals surface area contributed by atoms with E-state index in [9.17, 15) is 4.79 Å². The van der Waals surface area contributed by atoms with Gasteiger partial charge in [-0.25, -0.2) is 4.79 Å². The van der Waals surface area contributed by atoms with Crippen LogP contribution in [0.15, 0.2) is 0 Å². The molecule has 0 aromatic rings. The molecule has 1 amide bonds. The van der Waals surface area contributed by atoms with Gasteiger partial charge in [0.05, 0.1) is 6.61 Å². The topological polar surface area (TPSA) is 50.8 Å². The fraction of sp³-hybridized carbons (Fsp3) is 0.917. The Morgan fingerprint density at radius 2 is 2.24 bits per heavy atom. The maximum absolute atomic E-state index is 11.4. The van der Waals surface area contributed by atoms with Gasteiger partial charge in [-0.1, -0.05) is 0 Å². The van der Waals surface area contributed by atoms with E-state index >= 15 is 0 Å². The van der Waals surface area contributed by atoms with Crippen LogP contribution in [0.1, 0.15) is 27.2 Å². The van der Waals surface area contributed by atoms with Crippen LogP contribution >= 0.6 is 0 Å². The van der Waals surface area contributed by atoms with E-state index in [0.717, 1.165) is 26.2 Å². The first-order chi connectivity index (χ1) is 7.88. The van der Waals surface area contributed by atoms with Crippen molar-refractivity contribution in [2.45, 2.75) is 38.8 Å². The first-order valence-corrected chi connectivity index (χ1v) is 6.13. The Hall–Kier alpha value is -0.810. The molecule has 0 radical (unpaired) electrons. The highest BCUT2D eigenvalue weighted by Crippen LogP contribution is 2.09. The fourth-order valence-electron chi connectivity index (χ4n) is 1.70. The zero-order valence-electron chi connectivity index (χ0n) is 11.3. The molecule has 1 rings (SSSR count). The molecule has 1 aliphatic rings. The van der Waals surface area contributed by atoms with Crippen molar-refractivity contribution < 1.29 is 14.3 Å². The first kappa shape index (κ1) is 14.3. The van der Waals surface area contributed by atoms with Gasteiger partial charge in [-0.2, -0.15) is 0 Å². The number of amides is 1. The predicted octanol–water partition coefficient (Wildman–Crippen LogP) is 1.23. The van der Waals surface area contributed by atoms with Crippen LogP contribution in [0, 0.1) is 0 Å². The number of ether oxygens (including phenoxy) is 2. The molecule has 1 N–H and O–H groups in total. The molecule has 1 heterocycles. The van der Waals surface area contributed by atoms with Crippen LogP contribution < -0.4 is 5.32 Å². The molecule has 5 nitrogen and oxygen atoms in total. The van der Waals surface area contributed by atoms with Gasteiger partial charge < -0.3 is 14.8 Å². The van der Waals surface area contributed by atoms with Crippen LogP contribution in [-0.2, 0) is 9.47 Å². The van der Waals surface area contributed by atoms with Gasteiger partial charge >= 0.3 is 6.09 Å². The number of hydrogen-bond donors (Lipinski definition) is 1. The maximum Gasteiger partial charge on any atom is 0.407 e. The Morgan fingerprint density at radius 3 is 2.76 bits per heavy atom. The summed E-state index contributed by atoms with van der Waals surface area (Å²) in [7, 11) is 2.05. The SMILES string of the molecule is CN(CCNC(=O)OC(C)(C)C)C1CCOC1. The van der Waals surface area contributed by atoms with Crippen molar-refractivity contribution >= 4 is 6.09 Å². The summed E-state index contributed by atoms with van der Waals surface area (Å²) in [6.45, 7) is 8.62. The van der Waals surface area contributed by atoms with Crippen molar-refractivity contribution in [3.63, 3.8) is 0 Å². The Kier molecular flexibility index (Phi) is 5.21. The second-order valence-electron chi connectivity index (χ2n) is 5.43. The molecule has 1 aliphatic heterocycles. The fourth-order valence-corrected chi connectivity index (χ4v) is 1.70. The second kappa shape index (κ2) is 6.21. The molecule has 100 valence electrons. The van der Waals surface area contributed by atoms with Crippen LogP contribution in [0.2, 0.25) is 0 Å². The minimum atomic E-state index is -0.435. The third-order valence-corrected chi connectivity index (χ3v) is 2.66. The third-order valence-electron chi connectivity index (χ3n) is 2.66. The summed E-state index contributed by atoms with van der Waals surface area (Å²) in [6.07, 6.45) is 0.719. The summed E-state index contributed by atoms with van der Waals surface area (Å²) in [4.78, 5) is 13.6. The minimum Gasteiger partial charge on any atom is -0.444 e. The summed E-state index contributed by atoms with van der Waals surface area (Å²) in [5, 5.41) is 2.75. The van der Waals surface area contributed by atoms with Gasteiger partial charge in [0.25, 0.3) is 0 Å². The Labute approximate surface area is 103 Å². The Morgan fingerprint density at radius 1 is 1.53 bits per heavy atom. The molecule has 0 aromatic carbocycles. The number of carbonyl (C=O) groups excluding carboxylic acids is 1. The highest BCUT2D eigenvalue weighted by atomic mass is 16.6. The van der Waals surface area contributed by atoms with Crippen LogP contribution in [0.3, 0.4) is 0 Å². The molecule has 0 bridgehead atoms. The number of rotatable bonds is 4. The van der Waals surface area contributed by atoms with Gasteiger partial charge in [-0.05, 0) is 34.2 Å². The Balaban J connectivity index is 2.12. The van der Waals surface area contributed by atoms with Crippen LogP contribution in [0.5, 0.6) is 0 Å². The number of hydrogen-bond acceptors (Lipinski definition) is 4. The zero-order chi connectivity index (χ0) is 12.9. The maximum atomic E-state index is 11.4. The summed E-state index contributed by atoms with van der Waals surface area (Å²) < 4.78 is 10.5.